The van der Waals surface area contributed by atoms with Gasteiger partial charge in [0.25, 0.3) is 0 Å². The molecular formula is C12H19N5O3. The molecule has 2 N–H and O–H groups in total. The summed E-state index contributed by atoms with van der Waals surface area (Å²) in [5, 5.41) is 15.7. The van der Waals surface area contributed by atoms with E-state index in [2.05, 4.69) is 15.2 Å². The topological polar surface area (TPSA) is 102 Å². The summed E-state index contributed by atoms with van der Waals surface area (Å²) in [7, 11) is 1.63. The molecule has 1 atom stereocenters. The van der Waals surface area contributed by atoms with E-state index in [0.717, 1.165) is 19.3 Å². The molecule has 20 heavy (non-hydrogen) atoms. The lowest BCUT2D eigenvalue weighted by Gasteiger charge is -2.30. The summed E-state index contributed by atoms with van der Waals surface area (Å²) < 4.78 is 0. The standard InChI is InChI=1S/C12H19N5O3/c1-16(7-10-13-8-14-15-10)12(20)17-6-4-2-3-5-9(17)11(18)19/h8-9H,2-7H2,1H3,(H,18,19)(H,13,14,15). The van der Waals surface area contributed by atoms with Crippen LogP contribution in [0.15, 0.2) is 6.33 Å². The third-order valence-corrected chi connectivity index (χ3v) is 3.46. The Kier molecular flexibility index (Phi) is 4.54. The third kappa shape index (κ3) is 3.25. The van der Waals surface area contributed by atoms with Gasteiger partial charge in [-0.25, -0.2) is 14.6 Å². The maximum Gasteiger partial charge on any atom is 0.326 e. The number of nitrogens with one attached hydrogen (secondary N) is 1. The van der Waals surface area contributed by atoms with Gasteiger partial charge >= 0.3 is 12.0 Å². The molecule has 0 aromatic carbocycles. The van der Waals surface area contributed by atoms with Crippen LogP contribution >= 0.6 is 0 Å². The van der Waals surface area contributed by atoms with Crippen molar-refractivity contribution in [2.75, 3.05) is 13.6 Å². The van der Waals surface area contributed by atoms with Crippen LogP contribution in [0.25, 0.3) is 0 Å². The van der Waals surface area contributed by atoms with E-state index in [4.69, 9.17) is 0 Å². The molecule has 2 rings (SSSR count). The van der Waals surface area contributed by atoms with E-state index in [1.54, 1.807) is 7.05 Å². The second-order valence-corrected chi connectivity index (χ2v) is 4.97. The number of aromatic amines is 1. The zero-order chi connectivity index (χ0) is 14.5. The fourth-order valence-electron chi connectivity index (χ4n) is 2.41. The van der Waals surface area contributed by atoms with E-state index in [9.17, 15) is 14.7 Å². The Hall–Kier alpha value is -2.12. The number of carboxylic acids is 1. The number of carboxylic acid groups (broad SMARTS) is 1. The number of rotatable bonds is 3. The van der Waals surface area contributed by atoms with Crippen LogP contribution < -0.4 is 0 Å². The molecule has 1 aliphatic rings. The number of nitrogens with zero attached hydrogens (tertiary/aromatic N) is 4. The van der Waals surface area contributed by atoms with Crippen molar-refractivity contribution in [1.29, 1.82) is 0 Å². The van der Waals surface area contributed by atoms with Gasteiger partial charge in [-0.15, -0.1) is 0 Å². The van der Waals surface area contributed by atoms with Crippen LogP contribution in [-0.2, 0) is 11.3 Å². The first-order valence-electron chi connectivity index (χ1n) is 6.68. The smallest absolute Gasteiger partial charge is 0.326 e. The molecule has 8 heteroatoms. The normalized spacial score (nSPS) is 19.4. The molecule has 1 aliphatic heterocycles. The monoisotopic (exact) mass is 281 g/mol. The highest BCUT2D eigenvalue weighted by Gasteiger charge is 2.32. The SMILES string of the molecule is CN(Cc1ncn[nH]1)C(=O)N1CCCCCC1C(=O)O. The molecule has 1 aromatic rings. The van der Waals surface area contributed by atoms with Crippen molar-refractivity contribution >= 4 is 12.0 Å². The Morgan fingerprint density at radius 2 is 2.30 bits per heavy atom. The van der Waals surface area contributed by atoms with Gasteiger partial charge in [0, 0.05) is 13.6 Å². The molecule has 0 radical (unpaired) electrons. The van der Waals surface area contributed by atoms with Crippen LogP contribution in [0, 0.1) is 0 Å². The molecule has 0 aliphatic carbocycles. The Morgan fingerprint density at radius 1 is 1.50 bits per heavy atom. The number of aliphatic carboxylic acids is 1. The molecule has 1 fully saturated rings. The maximum atomic E-state index is 12.4. The van der Waals surface area contributed by atoms with Gasteiger partial charge in [0.15, 0.2) is 0 Å². The first-order valence-corrected chi connectivity index (χ1v) is 6.68. The highest BCUT2D eigenvalue weighted by atomic mass is 16.4. The van der Waals surface area contributed by atoms with Gasteiger partial charge in [-0.1, -0.05) is 12.8 Å². The predicted molar refractivity (Wildman–Crippen MR) is 69.8 cm³/mol. The minimum absolute atomic E-state index is 0.279. The third-order valence-electron chi connectivity index (χ3n) is 3.46. The largest absolute Gasteiger partial charge is 0.480 e. The highest BCUT2D eigenvalue weighted by Crippen LogP contribution is 2.18. The summed E-state index contributed by atoms with van der Waals surface area (Å²) in [5.41, 5.74) is 0. The van der Waals surface area contributed by atoms with Gasteiger partial charge in [0.05, 0.1) is 6.54 Å². The number of likely N-dealkylation sites (tertiary alicyclic amines) is 1. The number of aromatic nitrogens is 3. The number of hydrogen-bond acceptors (Lipinski definition) is 4. The predicted octanol–water partition coefficient (Wildman–Crippen LogP) is 0.686. The fourth-order valence-corrected chi connectivity index (χ4v) is 2.41. The number of amides is 2. The minimum atomic E-state index is -0.937. The Morgan fingerprint density at radius 3 is 2.95 bits per heavy atom. The minimum Gasteiger partial charge on any atom is -0.480 e. The van der Waals surface area contributed by atoms with Crippen LogP contribution in [0.5, 0.6) is 0 Å². The van der Waals surface area contributed by atoms with Crippen molar-refractivity contribution in [2.24, 2.45) is 0 Å². The van der Waals surface area contributed by atoms with Gasteiger partial charge in [0.1, 0.15) is 18.2 Å². The molecular weight excluding hydrogens is 262 g/mol. The quantitative estimate of drug-likeness (QED) is 0.848. The van der Waals surface area contributed by atoms with E-state index < -0.39 is 12.0 Å². The Labute approximate surface area is 116 Å². The van der Waals surface area contributed by atoms with Crippen molar-refractivity contribution in [2.45, 2.75) is 38.3 Å². The van der Waals surface area contributed by atoms with Crippen molar-refractivity contribution in [3.63, 3.8) is 0 Å². The average Bonchev–Trinajstić information content (AvgIpc) is 2.79. The molecule has 1 aromatic heterocycles. The van der Waals surface area contributed by atoms with E-state index in [1.165, 1.54) is 16.1 Å². The van der Waals surface area contributed by atoms with Crippen LogP contribution in [0.4, 0.5) is 4.79 Å². The van der Waals surface area contributed by atoms with Gasteiger partial charge in [0.2, 0.25) is 0 Å². The maximum absolute atomic E-state index is 12.4. The molecule has 1 saturated heterocycles. The molecule has 110 valence electrons. The van der Waals surface area contributed by atoms with Gasteiger partial charge in [-0.05, 0) is 12.8 Å². The Balaban J connectivity index is 2.05. The summed E-state index contributed by atoms with van der Waals surface area (Å²) in [6, 6.07) is -1.02. The van der Waals surface area contributed by atoms with Crippen LogP contribution in [0.3, 0.4) is 0 Å². The van der Waals surface area contributed by atoms with Crippen LogP contribution in [-0.4, -0.2) is 61.7 Å². The first kappa shape index (κ1) is 14.3. The first-order chi connectivity index (χ1) is 9.59. The van der Waals surface area contributed by atoms with Crippen molar-refractivity contribution in [1.82, 2.24) is 25.0 Å². The summed E-state index contributed by atoms with van der Waals surface area (Å²) in [6.45, 7) is 0.762. The Bertz CT molecular complexity index is 462. The number of hydrogen-bond donors (Lipinski definition) is 2. The number of carbonyl (C=O) groups is 2. The fraction of sp³-hybridized carbons (Fsp3) is 0.667. The zero-order valence-electron chi connectivity index (χ0n) is 11.4. The van der Waals surface area contributed by atoms with Crippen molar-refractivity contribution in [3.8, 4) is 0 Å². The highest BCUT2D eigenvalue weighted by molar-refractivity contribution is 5.82. The summed E-state index contributed by atoms with van der Waals surface area (Å²) >= 11 is 0. The summed E-state index contributed by atoms with van der Waals surface area (Å²) in [4.78, 5) is 30.6. The molecule has 2 amide bonds. The summed E-state index contributed by atoms with van der Waals surface area (Å²) in [6.07, 6.45) is 4.52. The second kappa shape index (κ2) is 6.36. The summed E-state index contributed by atoms with van der Waals surface area (Å²) in [5.74, 6) is -0.365. The average molecular weight is 281 g/mol. The van der Waals surface area contributed by atoms with E-state index in [-0.39, 0.29) is 12.6 Å². The van der Waals surface area contributed by atoms with E-state index >= 15 is 0 Å². The van der Waals surface area contributed by atoms with Crippen LogP contribution in [0.2, 0.25) is 0 Å². The second-order valence-electron chi connectivity index (χ2n) is 4.97. The molecule has 0 bridgehead atoms. The van der Waals surface area contributed by atoms with E-state index in [0.29, 0.717) is 18.8 Å². The van der Waals surface area contributed by atoms with Crippen molar-refractivity contribution < 1.29 is 14.7 Å². The number of urea groups is 1. The van der Waals surface area contributed by atoms with Crippen LogP contribution in [0.1, 0.15) is 31.5 Å². The molecule has 1 unspecified atom stereocenters. The van der Waals surface area contributed by atoms with Gasteiger partial charge in [-0.3, -0.25) is 5.10 Å². The molecule has 2 heterocycles. The van der Waals surface area contributed by atoms with E-state index in [1.807, 2.05) is 0 Å². The zero-order valence-corrected chi connectivity index (χ0v) is 11.4. The lowest BCUT2D eigenvalue weighted by molar-refractivity contribution is -0.142. The lowest BCUT2D eigenvalue weighted by atomic mass is 10.1. The number of H-pyrrole nitrogens is 1. The molecule has 0 saturated carbocycles. The van der Waals surface area contributed by atoms with Gasteiger partial charge in [-0.2, -0.15) is 5.10 Å². The molecule has 8 nitrogen and oxygen atoms in total. The van der Waals surface area contributed by atoms with Crippen molar-refractivity contribution in [3.05, 3.63) is 12.2 Å². The number of carbonyl (C=O) groups excluding carboxylic acids is 1. The van der Waals surface area contributed by atoms with Gasteiger partial charge < -0.3 is 14.9 Å². The lowest BCUT2D eigenvalue weighted by Crippen LogP contribution is -2.49. The molecule has 0 spiro atoms.